The summed E-state index contributed by atoms with van der Waals surface area (Å²) in [7, 11) is 0. The van der Waals surface area contributed by atoms with Crippen LogP contribution in [0, 0.1) is 19.7 Å². The van der Waals surface area contributed by atoms with Gasteiger partial charge in [-0.25, -0.2) is 9.07 Å². The molecule has 0 unspecified atom stereocenters. The number of halogens is 1. The number of rotatable bonds is 6. The molecule has 0 aliphatic carbocycles. The number of aromatic nitrogens is 4. The monoisotopic (exact) mass is 417 g/mol. The summed E-state index contributed by atoms with van der Waals surface area (Å²) >= 11 is 0. The largest absolute Gasteiger partial charge is 0.453 e. The smallest absolute Gasteiger partial charge is 0.274 e. The van der Waals surface area contributed by atoms with Gasteiger partial charge in [-0.15, -0.1) is 5.10 Å². The van der Waals surface area contributed by atoms with Crippen molar-refractivity contribution in [2.45, 2.75) is 20.4 Å². The van der Waals surface area contributed by atoms with Crippen molar-refractivity contribution in [1.29, 1.82) is 0 Å². The second-order valence-corrected chi connectivity index (χ2v) is 7.01. The van der Waals surface area contributed by atoms with E-state index in [-0.39, 0.29) is 23.9 Å². The van der Waals surface area contributed by atoms with Gasteiger partial charge >= 0.3 is 0 Å². The Labute approximate surface area is 178 Å². The predicted octanol–water partition coefficient (Wildman–Crippen LogP) is 4.14. The number of carbonyl (C=O) groups is 1. The number of nitrogens with one attached hydrogen (secondary N) is 1. The van der Waals surface area contributed by atoms with Crippen LogP contribution in [0.5, 0.6) is 11.5 Å². The van der Waals surface area contributed by atoms with E-state index in [9.17, 15) is 9.18 Å². The molecule has 0 atom stereocenters. The van der Waals surface area contributed by atoms with Gasteiger partial charge in [0.25, 0.3) is 5.91 Å². The first-order chi connectivity index (χ1) is 15.0. The van der Waals surface area contributed by atoms with E-state index in [1.165, 1.54) is 18.3 Å². The molecule has 0 spiro atoms. The van der Waals surface area contributed by atoms with Crippen LogP contribution in [0.1, 0.15) is 27.3 Å². The zero-order chi connectivity index (χ0) is 21.8. The number of aryl methyl sites for hydroxylation is 1. The van der Waals surface area contributed by atoms with Crippen LogP contribution in [-0.4, -0.2) is 25.9 Å². The molecule has 0 saturated carbocycles. The maximum Gasteiger partial charge on any atom is 0.274 e. The Hall–Kier alpha value is -4.07. The second-order valence-electron chi connectivity index (χ2n) is 7.01. The highest BCUT2D eigenvalue weighted by atomic mass is 19.1. The molecule has 2 aromatic carbocycles. The lowest BCUT2D eigenvalue weighted by atomic mass is 10.2. The third-order valence-corrected chi connectivity index (χ3v) is 4.70. The fourth-order valence-electron chi connectivity index (χ4n) is 3.01. The van der Waals surface area contributed by atoms with Gasteiger partial charge in [-0.2, -0.15) is 0 Å². The summed E-state index contributed by atoms with van der Waals surface area (Å²) in [5.41, 5.74) is 3.38. The molecular weight excluding hydrogens is 397 g/mol. The quantitative estimate of drug-likeness (QED) is 0.510. The number of ether oxygens (including phenoxy) is 1. The van der Waals surface area contributed by atoms with Crippen molar-refractivity contribution in [2.75, 3.05) is 0 Å². The molecule has 7 nitrogen and oxygen atoms in total. The zero-order valence-electron chi connectivity index (χ0n) is 17.0. The summed E-state index contributed by atoms with van der Waals surface area (Å²) in [6.07, 6.45) is 3.11. The van der Waals surface area contributed by atoms with Crippen LogP contribution in [0.3, 0.4) is 0 Å². The molecule has 0 saturated heterocycles. The van der Waals surface area contributed by atoms with Crippen LogP contribution in [0.15, 0.2) is 67.0 Å². The van der Waals surface area contributed by atoms with Crippen molar-refractivity contribution in [2.24, 2.45) is 0 Å². The van der Waals surface area contributed by atoms with Crippen LogP contribution in [0.2, 0.25) is 0 Å². The lowest BCUT2D eigenvalue weighted by Crippen LogP contribution is -2.24. The summed E-state index contributed by atoms with van der Waals surface area (Å²) in [5.74, 6) is -0.390. The van der Waals surface area contributed by atoms with E-state index in [4.69, 9.17) is 4.74 Å². The second kappa shape index (κ2) is 8.74. The Morgan fingerprint density at radius 3 is 2.65 bits per heavy atom. The zero-order valence-corrected chi connectivity index (χ0v) is 17.0. The van der Waals surface area contributed by atoms with Gasteiger partial charge in [0.05, 0.1) is 17.6 Å². The minimum Gasteiger partial charge on any atom is -0.453 e. The van der Waals surface area contributed by atoms with E-state index >= 15 is 0 Å². The first kappa shape index (κ1) is 20.2. The SMILES string of the molecule is Cc1ccc(-n2nnc(C(=O)NCc3ccc(Oc4cccnc4)c(F)c3)c2C)cc1. The summed E-state index contributed by atoms with van der Waals surface area (Å²) in [5, 5.41) is 10.8. The molecular formula is C23H20FN5O2. The van der Waals surface area contributed by atoms with Gasteiger partial charge in [0.2, 0.25) is 0 Å². The number of hydrogen-bond donors (Lipinski definition) is 1. The van der Waals surface area contributed by atoms with E-state index in [1.54, 1.807) is 36.0 Å². The Bertz CT molecular complexity index is 1210. The maximum absolute atomic E-state index is 14.4. The van der Waals surface area contributed by atoms with Gasteiger partial charge in [0, 0.05) is 12.7 Å². The Morgan fingerprint density at radius 1 is 1.13 bits per heavy atom. The number of nitrogens with zero attached hydrogens (tertiary/aromatic N) is 4. The Balaban J connectivity index is 1.42. The summed E-state index contributed by atoms with van der Waals surface area (Å²) in [6.45, 7) is 3.91. The highest BCUT2D eigenvalue weighted by Crippen LogP contribution is 2.24. The fraction of sp³-hybridized carbons (Fsp3) is 0.130. The molecule has 0 aliphatic heterocycles. The van der Waals surface area contributed by atoms with E-state index in [0.29, 0.717) is 17.0 Å². The van der Waals surface area contributed by atoms with Crippen molar-refractivity contribution in [3.05, 3.63) is 95.3 Å². The van der Waals surface area contributed by atoms with Crippen molar-refractivity contribution in [1.82, 2.24) is 25.3 Å². The lowest BCUT2D eigenvalue weighted by molar-refractivity contribution is 0.0945. The molecule has 4 aromatic rings. The van der Waals surface area contributed by atoms with Crippen molar-refractivity contribution in [3.8, 4) is 17.2 Å². The first-order valence-electron chi connectivity index (χ1n) is 9.65. The standard InChI is InChI=1S/C23H20FN5O2/c1-15-5-8-18(9-6-15)29-16(2)22(27-28-29)23(30)26-13-17-7-10-21(20(24)12-17)31-19-4-3-11-25-14-19/h3-12,14H,13H2,1-2H3,(H,26,30). The normalized spacial score (nSPS) is 10.7. The first-order valence-corrected chi connectivity index (χ1v) is 9.65. The number of benzene rings is 2. The van der Waals surface area contributed by atoms with Crippen LogP contribution in [0.4, 0.5) is 4.39 Å². The predicted molar refractivity (Wildman–Crippen MR) is 113 cm³/mol. The van der Waals surface area contributed by atoms with Gasteiger partial charge in [-0.05, 0) is 55.8 Å². The van der Waals surface area contributed by atoms with Crippen molar-refractivity contribution >= 4 is 5.91 Å². The summed E-state index contributed by atoms with van der Waals surface area (Å²) in [4.78, 5) is 16.5. The molecule has 2 heterocycles. The summed E-state index contributed by atoms with van der Waals surface area (Å²) < 4.78 is 21.5. The number of pyridine rings is 1. The van der Waals surface area contributed by atoms with Gasteiger partial charge in [0.15, 0.2) is 17.3 Å². The molecule has 8 heteroatoms. The van der Waals surface area contributed by atoms with Crippen molar-refractivity contribution < 1.29 is 13.9 Å². The van der Waals surface area contributed by atoms with E-state index in [1.807, 2.05) is 31.2 Å². The number of hydrogen-bond acceptors (Lipinski definition) is 5. The van der Waals surface area contributed by atoms with Crippen LogP contribution >= 0.6 is 0 Å². The number of amides is 1. The van der Waals surface area contributed by atoms with E-state index < -0.39 is 5.82 Å². The van der Waals surface area contributed by atoms with Gasteiger partial charge in [-0.3, -0.25) is 9.78 Å². The van der Waals surface area contributed by atoms with E-state index in [2.05, 4.69) is 20.6 Å². The van der Waals surface area contributed by atoms with Crippen LogP contribution < -0.4 is 10.1 Å². The highest BCUT2D eigenvalue weighted by Gasteiger charge is 2.17. The average molecular weight is 417 g/mol. The van der Waals surface area contributed by atoms with Crippen molar-refractivity contribution in [3.63, 3.8) is 0 Å². The average Bonchev–Trinajstić information content (AvgIpc) is 3.16. The number of carbonyl (C=O) groups excluding carboxylic acids is 1. The lowest BCUT2D eigenvalue weighted by Gasteiger charge is -2.09. The van der Waals surface area contributed by atoms with Crippen LogP contribution in [-0.2, 0) is 6.54 Å². The minimum atomic E-state index is -0.530. The third-order valence-electron chi connectivity index (χ3n) is 4.70. The molecule has 2 aromatic heterocycles. The maximum atomic E-state index is 14.4. The molecule has 0 radical (unpaired) electrons. The molecule has 156 valence electrons. The van der Waals surface area contributed by atoms with Gasteiger partial charge in [-0.1, -0.05) is 29.0 Å². The van der Waals surface area contributed by atoms with Gasteiger partial charge in [0.1, 0.15) is 5.75 Å². The molecule has 31 heavy (non-hydrogen) atoms. The minimum absolute atomic E-state index is 0.0833. The highest BCUT2D eigenvalue weighted by molar-refractivity contribution is 5.93. The molecule has 0 aliphatic rings. The summed E-state index contributed by atoms with van der Waals surface area (Å²) in [6, 6.07) is 15.7. The molecule has 0 bridgehead atoms. The van der Waals surface area contributed by atoms with E-state index in [0.717, 1.165) is 11.3 Å². The Morgan fingerprint density at radius 2 is 1.94 bits per heavy atom. The molecule has 4 rings (SSSR count). The Kier molecular flexibility index (Phi) is 5.70. The topological polar surface area (TPSA) is 81.9 Å². The molecule has 0 fully saturated rings. The van der Waals surface area contributed by atoms with Crippen LogP contribution in [0.25, 0.3) is 5.69 Å². The fourth-order valence-corrected chi connectivity index (χ4v) is 3.01. The van der Waals surface area contributed by atoms with Gasteiger partial charge < -0.3 is 10.1 Å². The molecule has 1 amide bonds. The molecule has 1 N–H and O–H groups in total. The third kappa shape index (κ3) is 4.58.